The second-order valence-electron chi connectivity index (χ2n) is 4.23. The summed E-state index contributed by atoms with van der Waals surface area (Å²) in [4.78, 5) is 11.6. The molecule has 6 heteroatoms. The second-order valence-corrected chi connectivity index (χ2v) is 4.23. The molecule has 0 amide bonds. The molecule has 0 bridgehead atoms. The molecule has 98 valence electrons. The first-order chi connectivity index (χ1) is 8.35. The summed E-state index contributed by atoms with van der Waals surface area (Å²) in [6.07, 6.45) is -4.09. The van der Waals surface area contributed by atoms with Gasteiger partial charge < -0.3 is 9.47 Å². The molecule has 0 radical (unpaired) electrons. The van der Waals surface area contributed by atoms with Crippen molar-refractivity contribution in [3.8, 4) is 5.75 Å². The lowest BCUT2D eigenvalue weighted by Crippen LogP contribution is -2.17. The van der Waals surface area contributed by atoms with Crippen molar-refractivity contribution in [2.24, 2.45) is 5.92 Å². The number of carbonyl (C=O) groups excluding carboxylic acids is 1. The highest BCUT2D eigenvalue weighted by molar-refractivity contribution is 5.90. The summed E-state index contributed by atoms with van der Waals surface area (Å²) < 4.78 is 44.8. The lowest BCUT2D eigenvalue weighted by molar-refractivity contribution is -0.274. The van der Waals surface area contributed by atoms with E-state index in [4.69, 9.17) is 4.74 Å². The molecule has 0 saturated heterocycles. The first kappa shape index (κ1) is 12.7. The van der Waals surface area contributed by atoms with Crippen LogP contribution in [0.1, 0.15) is 23.7 Å². The van der Waals surface area contributed by atoms with Crippen molar-refractivity contribution in [1.29, 1.82) is 0 Å². The molecule has 3 nitrogen and oxygen atoms in total. The smallest absolute Gasteiger partial charge is 0.458 e. The maximum Gasteiger partial charge on any atom is 0.573 e. The van der Waals surface area contributed by atoms with E-state index >= 15 is 0 Å². The Kier molecular flexibility index (Phi) is 3.19. The first-order valence-corrected chi connectivity index (χ1v) is 5.42. The maximum atomic E-state index is 12.0. The van der Waals surface area contributed by atoms with Gasteiger partial charge in [0.15, 0.2) is 0 Å². The van der Waals surface area contributed by atoms with Crippen molar-refractivity contribution in [2.45, 2.75) is 25.8 Å². The summed E-state index contributed by atoms with van der Waals surface area (Å²) in [6.45, 7) is 1.93. The zero-order chi connectivity index (χ0) is 13.3. The number of carbonyl (C=O) groups is 1. The second kappa shape index (κ2) is 4.51. The number of rotatable bonds is 3. The highest BCUT2D eigenvalue weighted by atomic mass is 19.4. The van der Waals surface area contributed by atoms with Crippen molar-refractivity contribution in [3.63, 3.8) is 0 Å². The summed E-state index contributed by atoms with van der Waals surface area (Å²) in [7, 11) is 0. The van der Waals surface area contributed by atoms with E-state index in [2.05, 4.69) is 4.74 Å². The van der Waals surface area contributed by atoms with Crippen molar-refractivity contribution in [2.75, 3.05) is 0 Å². The maximum absolute atomic E-state index is 12.0. The van der Waals surface area contributed by atoms with Crippen LogP contribution in [0.2, 0.25) is 0 Å². The molecule has 18 heavy (non-hydrogen) atoms. The van der Waals surface area contributed by atoms with Crippen molar-refractivity contribution in [1.82, 2.24) is 0 Å². The predicted octanol–water partition coefficient (Wildman–Crippen LogP) is 3.15. The third-order valence-electron chi connectivity index (χ3n) is 2.60. The van der Waals surface area contributed by atoms with E-state index < -0.39 is 18.1 Å². The van der Waals surface area contributed by atoms with E-state index in [1.54, 1.807) is 0 Å². The van der Waals surface area contributed by atoms with Crippen LogP contribution in [-0.4, -0.2) is 18.4 Å². The fourth-order valence-electron chi connectivity index (χ4n) is 1.48. The minimum atomic E-state index is -4.77. The zero-order valence-corrected chi connectivity index (χ0v) is 9.53. The fourth-order valence-corrected chi connectivity index (χ4v) is 1.48. The molecule has 2 unspecified atom stereocenters. The number of hydrogen-bond donors (Lipinski definition) is 0. The molecule has 1 aromatic carbocycles. The highest BCUT2D eigenvalue weighted by Gasteiger charge is 2.37. The summed E-state index contributed by atoms with van der Waals surface area (Å²) in [5, 5.41) is 0. The largest absolute Gasteiger partial charge is 0.573 e. The van der Waals surface area contributed by atoms with E-state index in [0.29, 0.717) is 5.92 Å². The van der Waals surface area contributed by atoms with E-state index in [-0.39, 0.29) is 11.7 Å². The highest BCUT2D eigenvalue weighted by Crippen LogP contribution is 2.33. The lowest BCUT2D eigenvalue weighted by Gasteiger charge is -2.09. The third kappa shape index (κ3) is 3.38. The van der Waals surface area contributed by atoms with Crippen LogP contribution in [0.25, 0.3) is 0 Å². The van der Waals surface area contributed by atoms with Gasteiger partial charge in [0, 0.05) is 0 Å². The van der Waals surface area contributed by atoms with Crippen LogP contribution in [0.4, 0.5) is 13.2 Å². The number of benzene rings is 1. The molecule has 1 aliphatic carbocycles. The van der Waals surface area contributed by atoms with E-state index in [1.165, 1.54) is 12.1 Å². The molecule has 0 aliphatic heterocycles. The van der Waals surface area contributed by atoms with Gasteiger partial charge in [-0.3, -0.25) is 0 Å². The summed E-state index contributed by atoms with van der Waals surface area (Å²) in [6, 6.07) is 4.85. The normalized spacial score (nSPS) is 22.4. The third-order valence-corrected chi connectivity index (χ3v) is 2.60. The number of halogens is 3. The Bertz CT molecular complexity index is 456. The Balaban J connectivity index is 2.04. The van der Waals surface area contributed by atoms with Crippen LogP contribution in [0.5, 0.6) is 5.75 Å². The Hall–Kier alpha value is -1.72. The van der Waals surface area contributed by atoms with Crippen molar-refractivity contribution < 1.29 is 27.4 Å². The van der Waals surface area contributed by atoms with Gasteiger partial charge in [-0.25, -0.2) is 4.79 Å². The summed E-state index contributed by atoms with van der Waals surface area (Å²) in [5.41, 5.74) is 0.0517. The molecule has 2 rings (SSSR count). The van der Waals surface area contributed by atoms with Gasteiger partial charge in [-0.15, -0.1) is 13.2 Å². The minimum Gasteiger partial charge on any atom is -0.458 e. The van der Waals surface area contributed by atoms with E-state index in [9.17, 15) is 18.0 Å². The molecule has 0 spiro atoms. The zero-order valence-electron chi connectivity index (χ0n) is 9.53. The molecular weight excluding hydrogens is 249 g/mol. The van der Waals surface area contributed by atoms with Crippen LogP contribution < -0.4 is 4.74 Å². The molecule has 2 atom stereocenters. The standard InChI is InChI=1S/C12H11F3O3/c1-7-5-10(7)17-11(16)8-3-2-4-9(6-8)18-12(13,14)15/h2-4,6-7,10H,5H2,1H3. The molecule has 0 aromatic heterocycles. The fraction of sp³-hybridized carbons (Fsp3) is 0.417. The number of esters is 1. The van der Waals surface area contributed by atoms with Gasteiger partial charge >= 0.3 is 12.3 Å². The quantitative estimate of drug-likeness (QED) is 0.783. The Morgan fingerprint density at radius 1 is 1.39 bits per heavy atom. The van der Waals surface area contributed by atoms with Gasteiger partial charge in [0.1, 0.15) is 11.9 Å². The van der Waals surface area contributed by atoms with Gasteiger partial charge in [-0.1, -0.05) is 13.0 Å². The first-order valence-electron chi connectivity index (χ1n) is 5.42. The molecule has 0 heterocycles. The van der Waals surface area contributed by atoms with Crippen LogP contribution >= 0.6 is 0 Å². The van der Waals surface area contributed by atoms with Crippen molar-refractivity contribution >= 4 is 5.97 Å². The van der Waals surface area contributed by atoms with E-state index in [1.807, 2.05) is 6.92 Å². The Labute approximate surface area is 102 Å². The van der Waals surface area contributed by atoms with Crippen molar-refractivity contribution in [3.05, 3.63) is 29.8 Å². The van der Waals surface area contributed by atoms with Crippen LogP contribution in [0.15, 0.2) is 24.3 Å². The lowest BCUT2D eigenvalue weighted by atomic mass is 10.2. The molecule has 0 N–H and O–H groups in total. The predicted molar refractivity (Wildman–Crippen MR) is 56.1 cm³/mol. The monoisotopic (exact) mass is 260 g/mol. The topological polar surface area (TPSA) is 35.5 Å². The van der Waals surface area contributed by atoms with Gasteiger partial charge in [0.2, 0.25) is 0 Å². The van der Waals surface area contributed by atoms with Gasteiger partial charge in [0.25, 0.3) is 0 Å². The van der Waals surface area contributed by atoms with Crippen LogP contribution in [0, 0.1) is 5.92 Å². The number of hydrogen-bond acceptors (Lipinski definition) is 3. The summed E-state index contributed by atoms with van der Waals surface area (Å²) in [5.74, 6) is -0.735. The number of alkyl halides is 3. The Morgan fingerprint density at radius 3 is 2.61 bits per heavy atom. The molecular formula is C12H11F3O3. The average Bonchev–Trinajstić information content (AvgIpc) is 2.92. The molecule has 1 aliphatic rings. The molecule has 1 fully saturated rings. The number of ether oxygens (including phenoxy) is 2. The average molecular weight is 260 g/mol. The van der Waals surface area contributed by atoms with Crippen LogP contribution in [-0.2, 0) is 4.74 Å². The Morgan fingerprint density at radius 2 is 2.06 bits per heavy atom. The van der Waals surface area contributed by atoms with Gasteiger partial charge in [0.05, 0.1) is 5.56 Å². The van der Waals surface area contributed by atoms with E-state index in [0.717, 1.165) is 18.6 Å². The van der Waals surface area contributed by atoms with Gasteiger partial charge in [-0.05, 0) is 30.5 Å². The van der Waals surface area contributed by atoms with Gasteiger partial charge in [-0.2, -0.15) is 0 Å². The van der Waals surface area contributed by atoms with Crippen LogP contribution in [0.3, 0.4) is 0 Å². The molecule has 1 saturated carbocycles. The minimum absolute atomic E-state index is 0.0517. The molecule has 1 aromatic rings. The summed E-state index contributed by atoms with van der Waals surface area (Å²) >= 11 is 0. The SMILES string of the molecule is CC1CC1OC(=O)c1cccc(OC(F)(F)F)c1.